The summed E-state index contributed by atoms with van der Waals surface area (Å²) in [6, 6.07) is 12.0. The van der Waals surface area contributed by atoms with Gasteiger partial charge in [0.05, 0.1) is 17.4 Å². The van der Waals surface area contributed by atoms with E-state index in [9.17, 15) is 0 Å². The maximum atomic E-state index is 5.74. The van der Waals surface area contributed by atoms with Gasteiger partial charge < -0.3 is 5.73 Å². The molecule has 2 aromatic rings. The fraction of sp³-hybridized carbons (Fsp3) is 0.0714. The molecule has 0 aliphatic rings. The molecular weight excluding hydrogens is 196 g/mol. The number of anilines is 1. The maximum Gasteiger partial charge on any atom is 0.0659 e. The van der Waals surface area contributed by atoms with E-state index >= 15 is 0 Å². The number of nitrogens with zero attached hydrogens (tertiary/aromatic N) is 1. The zero-order valence-electron chi connectivity index (χ0n) is 8.85. The van der Waals surface area contributed by atoms with Crippen molar-refractivity contribution in [3.8, 4) is 11.8 Å². The van der Waals surface area contributed by atoms with Gasteiger partial charge in [-0.1, -0.05) is 42.2 Å². The molecule has 0 saturated carbocycles. The van der Waals surface area contributed by atoms with Crippen molar-refractivity contribution in [1.29, 1.82) is 0 Å². The number of hydrogen-bond acceptors (Lipinski definition) is 2. The first-order chi connectivity index (χ1) is 7.86. The van der Waals surface area contributed by atoms with Crippen LogP contribution in [0.1, 0.15) is 11.1 Å². The van der Waals surface area contributed by atoms with Crippen LogP contribution in [-0.2, 0) is 6.42 Å². The normalized spacial score (nSPS) is 9.25. The van der Waals surface area contributed by atoms with Gasteiger partial charge >= 0.3 is 0 Å². The fourth-order valence-electron chi connectivity index (χ4n) is 1.36. The fourth-order valence-corrected chi connectivity index (χ4v) is 1.36. The minimum absolute atomic E-state index is 0.628. The van der Waals surface area contributed by atoms with Crippen LogP contribution in [0.2, 0.25) is 0 Å². The average Bonchev–Trinajstić information content (AvgIpc) is 2.33. The molecule has 0 spiro atoms. The molecule has 78 valence electrons. The summed E-state index contributed by atoms with van der Waals surface area (Å²) in [5.41, 5.74) is 8.41. The van der Waals surface area contributed by atoms with E-state index in [-0.39, 0.29) is 0 Å². The molecule has 2 nitrogen and oxygen atoms in total. The van der Waals surface area contributed by atoms with E-state index in [0.29, 0.717) is 5.69 Å². The number of nitrogens with two attached hydrogens (primary N) is 1. The molecule has 1 aromatic heterocycles. The van der Waals surface area contributed by atoms with Crippen LogP contribution < -0.4 is 5.73 Å². The quantitative estimate of drug-likeness (QED) is 0.730. The highest BCUT2D eigenvalue weighted by atomic mass is 14.7. The van der Waals surface area contributed by atoms with Crippen molar-refractivity contribution in [1.82, 2.24) is 4.98 Å². The monoisotopic (exact) mass is 208 g/mol. The zero-order valence-corrected chi connectivity index (χ0v) is 8.85. The Hall–Kier alpha value is -2.27. The molecule has 0 aliphatic carbocycles. The van der Waals surface area contributed by atoms with Crippen LogP contribution >= 0.6 is 0 Å². The van der Waals surface area contributed by atoms with E-state index in [0.717, 1.165) is 12.0 Å². The largest absolute Gasteiger partial charge is 0.396 e. The summed E-state index contributed by atoms with van der Waals surface area (Å²) in [6.45, 7) is 0. The first-order valence-corrected chi connectivity index (χ1v) is 5.08. The predicted octanol–water partition coefficient (Wildman–Crippen LogP) is 2.26. The summed E-state index contributed by atoms with van der Waals surface area (Å²) in [4.78, 5) is 3.92. The highest BCUT2D eigenvalue weighted by Gasteiger charge is 1.92. The predicted molar refractivity (Wildman–Crippen MR) is 65.7 cm³/mol. The minimum Gasteiger partial charge on any atom is -0.396 e. The van der Waals surface area contributed by atoms with Gasteiger partial charge in [-0.15, -0.1) is 0 Å². The first-order valence-electron chi connectivity index (χ1n) is 5.08. The summed E-state index contributed by atoms with van der Waals surface area (Å²) in [5.74, 6) is 6.15. The van der Waals surface area contributed by atoms with Gasteiger partial charge in [-0.05, 0) is 11.6 Å². The molecule has 0 unspecified atom stereocenters. The Morgan fingerprint density at radius 3 is 2.69 bits per heavy atom. The van der Waals surface area contributed by atoms with E-state index in [4.69, 9.17) is 5.73 Å². The van der Waals surface area contributed by atoms with E-state index in [1.807, 2.05) is 24.3 Å². The summed E-state index contributed by atoms with van der Waals surface area (Å²) in [5, 5.41) is 0. The molecule has 1 heterocycles. The first kappa shape index (κ1) is 10.3. The molecule has 0 aliphatic heterocycles. The van der Waals surface area contributed by atoms with Crippen LogP contribution in [0.15, 0.2) is 48.8 Å². The lowest BCUT2D eigenvalue weighted by Gasteiger charge is -1.95. The molecule has 2 N–H and O–H groups in total. The van der Waals surface area contributed by atoms with Crippen LogP contribution in [-0.4, -0.2) is 4.98 Å². The summed E-state index contributed by atoms with van der Waals surface area (Å²) in [7, 11) is 0. The lowest BCUT2D eigenvalue weighted by atomic mass is 10.1. The summed E-state index contributed by atoms with van der Waals surface area (Å²) in [6.07, 6.45) is 4.05. The number of pyridine rings is 1. The molecule has 0 bridgehead atoms. The van der Waals surface area contributed by atoms with E-state index in [2.05, 4.69) is 29.0 Å². The van der Waals surface area contributed by atoms with Crippen LogP contribution in [0.25, 0.3) is 0 Å². The topological polar surface area (TPSA) is 38.9 Å². The van der Waals surface area contributed by atoms with Crippen molar-refractivity contribution >= 4 is 5.69 Å². The van der Waals surface area contributed by atoms with Crippen molar-refractivity contribution in [2.75, 3.05) is 5.73 Å². The molecule has 0 radical (unpaired) electrons. The summed E-state index contributed by atoms with van der Waals surface area (Å²) < 4.78 is 0. The van der Waals surface area contributed by atoms with Crippen LogP contribution in [0.3, 0.4) is 0 Å². The minimum atomic E-state index is 0.628. The SMILES string of the molecule is Nc1cnccc1C#CCc1ccccc1. The van der Waals surface area contributed by atoms with Gasteiger partial charge in [-0.3, -0.25) is 4.98 Å². The zero-order chi connectivity index (χ0) is 11.2. The Labute approximate surface area is 95.1 Å². The van der Waals surface area contributed by atoms with Crippen LogP contribution in [0, 0.1) is 11.8 Å². The number of rotatable bonds is 1. The van der Waals surface area contributed by atoms with Gasteiger partial charge in [-0.25, -0.2) is 0 Å². The third kappa shape index (κ3) is 2.61. The molecule has 1 aromatic carbocycles. The van der Waals surface area contributed by atoms with E-state index < -0.39 is 0 Å². The maximum absolute atomic E-state index is 5.74. The summed E-state index contributed by atoms with van der Waals surface area (Å²) >= 11 is 0. The standard InChI is InChI=1S/C14H12N2/c15-14-11-16-10-9-13(14)8-4-7-12-5-2-1-3-6-12/h1-3,5-6,9-11H,7,15H2. The third-order valence-electron chi connectivity index (χ3n) is 2.21. The molecule has 2 heteroatoms. The molecular formula is C14H12N2. The average molecular weight is 208 g/mol. The Bertz CT molecular complexity index is 521. The second-order valence-electron chi connectivity index (χ2n) is 3.43. The van der Waals surface area contributed by atoms with Crippen molar-refractivity contribution in [3.63, 3.8) is 0 Å². The Morgan fingerprint density at radius 1 is 1.12 bits per heavy atom. The third-order valence-corrected chi connectivity index (χ3v) is 2.21. The lowest BCUT2D eigenvalue weighted by molar-refractivity contribution is 1.31. The van der Waals surface area contributed by atoms with Crippen LogP contribution in [0.4, 0.5) is 5.69 Å². The van der Waals surface area contributed by atoms with E-state index in [1.54, 1.807) is 12.4 Å². The Balaban J connectivity index is 2.10. The van der Waals surface area contributed by atoms with Crippen molar-refractivity contribution < 1.29 is 0 Å². The number of hydrogen-bond donors (Lipinski definition) is 1. The molecule has 0 atom stereocenters. The van der Waals surface area contributed by atoms with Gasteiger partial charge in [0.1, 0.15) is 0 Å². The molecule has 2 rings (SSSR count). The Kier molecular flexibility index (Phi) is 3.20. The number of aromatic nitrogens is 1. The molecule has 0 amide bonds. The molecule has 16 heavy (non-hydrogen) atoms. The molecule has 0 saturated heterocycles. The van der Waals surface area contributed by atoms with Gasteiger partial charge in [-0.2, -0.15) is 0 Å². The highest BCUT2D eigenvalue weighted by Crippen LogP contribution is 2.06. The van der Waals surface area contributed by atoms with Gasteiger partial charge in [0.25, 0.3) is 0 Å². The van der Waals surface area contributed by atoms with Gasteiger partial charge in [0.2, 0.25) is 0 Å². The van der Waals surface area contributed by atoms with Gasteiger partial charge in [0.15, 0.2) is 0 Å². The molecule has 0 fully saturated rings. The van der Waals surface area contributed by atoms with Crippen molar-refractivity contribution in [3.05, 3.63) is 59.9 Å². The number of benzene rings is 1. The van der Waals surface area contributed by atoms with Crippen molar-refractivity contribution in [2.45, 2.75) is 6.42 Å². The number of nitrogen functional groups attached to an aromatic ring is 1. The van der Waals surface area contributed by atoms with Gasteiger partial charge in [0, 0.05) is 12.6 Å². The second-order valence-corrected chi connectivity index (χ2v) is 3.43. The van der Waals surface area contributed by atoms with Crippen molar-refractivity contribution in [2.24, 2.45) is 0 Å². The highest BCUT2D eigenvalue weighted by molar-refractivity contribution is 5.53. The van der Waals surface area contributed by atoms with E-state index in [1.165, 1.54) is 5.56 Å². The lowest BCUT2D eigenvalue weighted by Crippen LogP contribution is -1.90. The Morgan fingerprint density at radius 2 is 1.94 bits per heavy atom. The van der Waals surface area contributed by atoms with Crippen LogP contribution in [0.5, 0.6) is 0 Å². The second kappa shape index (κ2) is 4.99. The smallest absolute Gasteiger partial charge is 0.0659 e.